The van der Waals surface area contributed by atoms with Gasteiger partial charge in [0.25, 0.3) is 0 Å². The smallest absolute Gasteiger partial charge is 0.450 e. The SMILES string of the molecule is N=C(N)CN.O=C(O)O. The van der Waals surface area contributed by atoms with Gasteiger partial charge in [0.15, 0.2) is 0 Å². The summed E-state index contributed by atoms with van der Waals surface area (Å²) in [6.45, 7) is 0.167. The van der Waals surface area contributed by atoms with E-state index in [0.717, 1.165) is 0 Å². The Labute approximate surface area is 51.6 Å². The molecule has 6 nitrogen and oxygen atoms in total. The van der Waals surface area contributed by atoms with Crippen molar-refractivity contribution >= 4 is 12.0 Å². The summed E-state index contributed by atoms with van der Waals surface area (Å²) in [6, 6.07) is 0. The zero-order valence-electron chi connectivity index (χ0n) is 4.66. The average molecular weight is 135 g/mol. The Bertz CT molecular complexity index is 98.5. The molecule has 0 aromatic rings. The van der Waals surface area contributed by atoms with E-state index in [1.54, 1.807) is 0 Å². The van der Waals surface area contributed by atoms with Crippen LogP contribution in [0.15, 0.2) is 0 Å². The summed E-state index contributed by atoms with van der Waals surface area (Å²) in [4.78, 5) is 8.56. The summed E-state index contributed by atoms with van der Waals surface area (Å²) in [5.74, 6) is 0.0324. The Kier molecular flexibility index (Phi) is 7.92. The van der Waals surface area contributed by atoms with E-state index in [1.807, 2.05) is 0 Å². The molecule has 0 fully saturated rings. The first kappa shape index (κ1) is 10.6. The average Bonchev–Trinajstić information content (AvgIpc) is 1.65. The van der Waals surface area contributed by atoms with E-state index in [0.29, 0.717) is 0 Å². The van der Waals surface area contributed by atoms with E-state index in [2.05, 4.69) is 0 Å². The maximum Gasteiger partial charge on any atom is 0.503 e. The number of carboxylic acid groups (broad SMARTS) is 2. The Morgan fingerprint density at radius 2 is 1.67 bits per heavy atom. The normalized spacial score (nSPS) is 6.78. The van der Waals surface area contributed by atoms with Gasteiger partial charge < -0.3 is 21.7 Å². The second kappa shape index (κ2) is 6.70. The van der Waals surface area contributed by atoms with E-state index in [-0.39, 0.29) is 12.4 Å². The molecule has 0 saturated heterocycles. The number of hydrogen-bond donors (Lipinski definition) is 5. The summed E-state index contributed by atoms with van der Waals surface area (Å²) < 4.78 is 0. The van der Waals surface area contributed by atoms with Gasteiger partial charge in [-0.25, -0.2) is 4.79 Å². The molecule has 0 rings (SSSR count). The van der Waals surface area contributed by atoms with E-state index in [9.17, 15) is 0 Å². The molecule has 0 aliphatic rings. The second-order valence-electron chi connectivity index (χ2n) is 1.01. The Morgan fingerprint density at radius 3 is 1.67 bits per heavy atom. The monoisotopic (exact) mass is 135 g/mol. The van der Waals surface area contributed by atoms with Crippen LogP contribution in [0.4, 0.5) is 4.79 Å². The number of rotatable bonds is 1. The van der Waals surface area contributed by atoms with Crippen LogP contribution in [0.3, 0.4) is 0 Å². The van der Waals surface area contributed by atoms with Crippen molar-refractivity contribution < 1.29 is 15.0 Å². The summed E-state index contributed by atoms with van der Waals surface area (Å²) in [6.07, 6.45) is -1.83. The first-order valence-corrected chi connectivity index (χ1v) is 1.95. The molecule has 0 aromatic heterocycles. The third-order valence-electron chi connectivity index (χ3n) is 0.220. The van der Waals surface area contributed by atoms with E-state index in [4.69, 9.17) is 31.9 Å². The van der Waals surface area contributed by atoms with Gasteiger partial charge in [0.2, 0.25) is 0 Å². The van der Waals surface area contributed by atoms with Gasteiger partial charge in [-0.2, -0.15) is 0 Å². The van der Waals surface area contributed by atoms with Crippen LogP contribution in [-0.2, 0) is 0 Å². The minimum atomic E-state index is -1.83. The molecule has 0 aliphatic carbocycles. The molecule has 0 aromatic carbocycles. The third-order valence-corrected chi connectivity index (χ3v) is 0.220. The zero-order valence-corrected chi connectivity index (χ0v) is 4.66. The molecule has 0 unspecified atom stereocenters. The molecule has 0 bridgehead atoms. The van der Waals surface area contributed by atoms with Crippen molar-refractivity contribution in [1.29, 1.82) is 5.41 Å². The molecule has 0 spiro atoms. The van der Waals surface area contributed by atoms with Crippen LogP contribution in [0.1, 0.15) is 0 Å². The van der Waals surface area contributed by atoms with Crippen LogP contribution in [0.5, 0.6) is 0 Å². The molecule has 6 heteroatoms. The van der Waals surface area contributed by atoms with Gasteiger partial charge in [-0.15, -0.1) is 0 Å². The first-order valence-electron chi connectivity index (χ1n) is 1.95. The number of nitrogens with one attached hydrogen (secondary N) is 1. The van der Waals surface area contributed by atoms with Gasteiger partial charge in [-0.3, -0.25) is 5.41 Å². The van der Waals surface area contributed by atoms with Crippen molar-refractivity contribution in [3.63, 3.8) is 0 Å². The summed E-state index contributed by atoms with van der Waals surface area (Å²) >= 11 is 0. The van der Waals surface area contributed by atoms with Crippen molar-refractivity contribution in [2.45, 2.75) is 0 Å². The number of amidine groups is 1. The highest BCUT2D eigenvalue weighted by atomic mass is 16.6. The standard InChI is InChI=1S/C2H7N3.CH2O3/c3-1-2(4)5;2-1(3)4/h1,3H2,(H3,4,5);(H2,2,3,4). The van der Waals surface area contributed by atoms with E-state index < -0.39 is 6.16 Å². The zero-order chi connectivity index (χ0) is 7.86. The molecule has 0 aliphatic heterocycles. The lowest BCUT2D eigenvalue weighted by Crippen LogP contribution is -2.20. The first-order chi connectivity index (χ1) is 4.00. The predicted molar refractivity (Wildman–Crippen MR) is 31.6 cm³/mol. The highest BCUT2D eigenvalue weighted by Gasteiger charge is 1.70. The van der Waals surface area contributed by atoms with Gasteiger partial charge in [-0.1, -0.05) is 0 Å². The lowest BCUT2D eigenvalue weighted by molar-refractivity contribution is 0.137. The van der Waals surface area contributed by atoms with Crippen LogP contribution >= 0.6 is 0 Å². The van der Waals surface area contributed by atoms with Gasteiger partial charge in [0, 0.05) is 0 Å². The number of carbonyl (C=O) groups is 1. The minimum absolute atomic E-state index is 0.0324. The highest BCUT2D eigenvalue weighted by Crippen LogP contribution is 1.42. The predicted octanol–water partition coefficient (Wildman–Crippen LogP) is -0.897. The second-order valence-corrected chi connectivity index (χ2v) is 1.01. The van der Waals surface area contributed by atoms with Crippen molar-refractivity contribution in [3.05, 3.63) is 0 Å². The van der Waals surface area contributed by atoms with Gasteiger partial charge in [-0.05, 0) is 0 Å². The van der Waals surface area contributed by atoms with E-state index in [1.165, 1.54) is 0 Å². The fourth-order valence-corrected chi connectivity index (χ4v) is 0. The van der Waals surface area contributed by atoms with Gasteiger partial charge in [0.05, 0.1) is 6.54 Å². The third kappa shape index (κ3) is 302. The van der Waals surface area contributed by atoms with Crippen LogP contribution < -0.4 is 11.5 Å². The van der Waals surface area contributed by atoms with Gasteiger partial charge in [0.1, 0.15) is 5.84 Å². The lowest BCUT2D eigenvalue weighted by atomic mass is 10.6. The molecule has 9 heavy (non-hydrogen) atoms. The van der Waals surface area contributed by atoms with Crippen LogP contribution in [-0.4, -0.2) is 28.7 Å². The molecule has 0 amide bonds. The van der Waals surface area contributed by atoms with E-state index >= 15 is 0 Å². The van der Waals surface area contributed by atoms with Crippen LogP contribution in [0.25, 0.3) is 0 Å². The fourth-order valence-electron chi connectivity index (χ4n) is 0. The molecule has 54 valence electrons. The Morgan fingerprint density at radius 1 is 1.56 bits per heavy atom. The molecule has 0 atom stereocenters. The quantitative estimate of drug-likeness (QED) is 0.235. The minimum Gasteiger partial charge on any atom is -0.450 e. The highest BCUT2D eigenvalue weighted by molar-refractivity contribution is 5.78. The summed E-state index contributed by atoms with van der Waals surface area (Å²) in [5.41, 5.74) is 9.57. The number of hydrogen-bond acceptors (Lipinski definition) is 3. The van der Waals surface area contributed by atoms with Crippen LogP contribution in [0, 0.1) is 5.41 Å². The van der Waals surface area contributed by atoms with Crippen molar-refractivity contribution in [3.8, 4) is 0 Å². The largest absolute Gasteiger partial charge is 0.503 e. The maximum absolute atomic E-state index is 8.56. The molecular formula is C3H9N3O3. The molecule has 0 saturated carbocycles. The maximum atomic E-state index is 8.56. The molecule has 0 heterocycles. The topological polar surface area (TPSA) is 133 Å². The molecule has 7 N–H and O–H groups in total. The summed E-state index contributed by atoms with van der Waals surface area (Å²) in [7, 11) is 0. The van der Waals surface area contributed by atoms with Gasteiger partial charge >= 0.3 is 6.16 Å². The van der Waals surface area contributed by atoms with Crippen molar-refractivity contribution in [2.75, 3.05) is 6.54 Å². The summed E-state index contributed by atoms with van der Waals surface area (Å²) in [5, 5.41) is 20.3. The Balaban J connectivity index is 0. The van der Waals surface area contributed by atoms with Crippen molar-refractivity contribution in [1.82, 2.24) is 0 Å². The Hall–Kier alpha value is -1.30. The molecule has 0 radical (unpaired) electrons. The van der Waals surface area contributed by atoms with Crippen LogP contribution in [0.2, 0.25) is 0 Å². The fraction of sp³-hybridized carbons (Fsp3) is 0.333. The molecular weight excluding hydrogens is 126 g/mol. The lowest BCUT2D eigenvalue weighted by Gasteiger charge is -1.79. The van der Waals surface area contributed by atoms with Crippen molar-refractivity contribution in [2.24, 2.45) is 11.5 Å². The number of nitrogens with two attached hydrogens (primary N) is 2.